The maximum atomic E-state index is 10.8. The van der Waals surface area contributed by atoms with Crippen LogP contribution in [0.1, 0.15) is 18.4 Å². The Bertz CT molecular complexity index is 460. The Labute approximate surface area is 111 Å². The molecule has 6 nitrogen and oxygen atoms in total. The minimum atomic E-state index is -0.439. The number of hydrogen-bond acceptors (Lipinski definition) is 5. The predicted molar refractivity (Wildman–Crippen MR) is 70.1 cm³/mol. The van der Waals surface area contributed by atoms with Gasteiger partial charge in [-0.25, -0.2) is 0 Å². The van der Waals surface area contributed by atoms with Crippen molar-refractivity contribution in [3.8, 4) is 5.75 Å². The second-order valence-corrected chi connectivity index (χ2v) is 4.83. The third-order valence-electron chi connectivity index (χ3n) is 3.25. The van der Waals surface area contributed by atoms with Crippen molar-refractivity contribution in [1.29, 1.82) is 0 Å². The van der Waals surface area contributed by atoms with Gasteiger partial charge in [0.15, 0.2) is 0 Å². The summed E-state index contributed by atoms with van der Waals surface area (Å²) in [5.74, 6) is 0.890. The lowest BCUT2D eigenvalue weighted by Gasteiger charge is -2.11. The molecule has 0 aliphatic heterocycles. The number of rotatable bonds is 7. The van der Waals surface area contributed by atoms with Crippen LogP contribution in [0, 0.1) is 16.0 Å². The van der Waals surface area contributed by atoms with E-state index in [0.29, 0.717) is 24.8 Å². The summed E-state index contributed by atoms with van der Waals surface area (Å²) < 4.78 is 5.04. The third kappa shape index (κ3) is 3.90. The number of aliphatic hydroxyl groups excluding tert-OH is 1. The molecular weight excluding hydrogens is 248 g/mol. The van der Waals surface area contributed by atoms with Crippen LogP contribution in [0.5, 0.6) is 5.75 Å². The molecule has 0 bridgehead atoms. The molecule has 19 heavy (non-hydrogen) atoms. The number of nitro groups is 1. The molecule has 0 radical (unpaired) electrons. The van der Waals surface area contributed by atoms with Crippen molar-refractivity contribution >= 4 is 5.69 Å². The number of aliphatic hydroxyl groups is 1. The fourth-order valence-electron chi connectivity index (χ4n) is 1.98. The van der Waals surface area contributed by atoms with E-state index in [2.05, 4.69) is 5.32 Å². The highest BCUT2D eigenvalue weighted by atomic mass is 16.6. The first kappa shape index (κ1) is 13.8. The molecule has 2 rings (SSSR count). The number of nitrogens with zero attached hydrogens (tertiary/aromatic N) is 1. The number of benzene rings is 1. The minimum Gasteiger partial charge on any atom is -0.496 e. The van der Waals surface area contributed by atoms with Crippen molar-refractivity contribution in [3.63, 3.8) is 0 Å². The van der Waals surface area contributed by atoms with Crippen molar-refractivity contribution in [2.75, 3.05) is 13.7 Å². The molecule has 1 aliphatic carbocycles. The molecule has 0 heterocycles. The second kappa shape index (κ2) is 5.99. The first-order chi connectivity index (χ1) is 9.10. The van der Waals surface area contributed by atoms with E-state index in [0.717, 1.165) is 18.4 Å². The number of ether oxygens (including phenoxy) is 1. The quantitative estimate of drug-likeness (QED) is 0.576. The predicted octanol–water partition coefficient (Wildman–Crippen LogP) is 1.46. The Kier molecular flexibility index (Phi) is 4.34. The summed E-state index contributed by atoms with van der Waals surface area (Å²) in [7, 11) is 1.48. The van der Waals surface area contributed by atoms with Gasteiger partial charge in [-0.3, -0.25) is 10.1 Å². The molecule has 104 valence electrons. The fraction of sp³-hybridized carbons (Fsp3) is 0.538. The second-order valence-electron chi connectivity index (χ2n) is 4.83. The van der Waals surface area contributed by atoms with Gasteiger partial charge in [-0.05, 0) is 30.4 Å². The summed E-state index contributed by atoms with van der Waals surface area (Å²) in [6.07, 6.45) is 1.86. The van der Waals surface area contributed by atoms with E-state index in [1.807, 2.05) is 0 Å². The van der Waals surface area contributed by atoms with Gasteiger partial charge in [0.25, 0.3) is 5.69 Å². The summed E-state index contributed by atoms with van der Waals surface area (Å²) in [6.45, 7) is 0.984. The van der Waals surface area contributed by atoms with Gasteiger partial charge >= 0.3 is 0 Å². The lowest BCUT2D eigenvalue weighted by atomic mass is 10.1. The molecule has 0 spiro atoms. The SMILES string of the molecule is COc1cc(CNCC(O)C2CC2)cc([N+](=O)[O-])c1. The largest absolute Gasteiger partial charge is 0.496 e. The summed E-state index contributed by atoms with van der Waals surface area (Å²) >= 11 is 0. The summed E-state index contributed by atoms with van der Waals surface area (Å²) in [5.41, 5.74) is 0.785. The zero-order valence-corrected chi connectivity index (χ0v) is 10.8. The van der Waals surface area contributed by atoms with Crippen LogP contribution >= 0.6 is 0 Å². The van der Waals surface area contributed by atoms with E-state index in [9.17, 15) is 15.2 Å². The van der Waals surface area contributed by atoms with Gasteiger partial charge in [0.05, 0.1) is 24.2 Å². The molecule has 0 saturated heterocycles. The zero-order valence-electron chi connectivity index (χ0n) is 10.8. The van der Waals surface area contributed by atoms with Gasteiger partial charge in [0.1, 0.15) is 5.75 Å². The monoisotopic (exact) mass is 266 g/mol. The van der Waals surface area contributed by atoms with Crippen molar-refractivity contribution < 1.29 is 14.8 Å². The fourth-order valence-corrected chi connectivity index (χ4v) is 1.98. The maximum Gasteiger partial charge on any atom is 0.273 e. The van der Waals surface area contributed by atoms with Crippen LogP contribution in [-0.4, -0.2) is 29.8 Å². The Morgan fingerprint density at radius 1 is 1.53 bits per heavy atom. The first-order valence-corrected chi connectivity index (χ1v) is 6.31. The molecule has 1 unspecified atom stereocenters. The third-order valence-corrected chi connectivity index (χ3v) is 3.25. The highest BCUT2D eigenvalue weighted by Crippen LogP contribution is 2.32. The van der Waals surface area contributed by atoms with Crippen LogP contribution in [0.4, 0.5) is 5.69 Å². The van der Waals surface area contributed by atoms with Gasteiger partial charge in [0.2, 0.25) is 0 Å². The lowest BCUT2D eigenvalue weighted by Crippen LogP contribution is -2.27. The molecule has 6 heteroatoms. The van der Waals surface area contributed by atoms with Gasteiger partial charge in [-0.15, -0.1) is 0 Å². The van der Waals surface area contributed by atoms with Gasteiger partial charge < -0.3 is 15.2 Å². The van der Waals surface area contributed by atoms with Crippen LogP contribution in [0.25, 0.3) is 0 Å². The molecule has 1 aliphatic rings. The number of nitro benzene ring substituents is 1. The van der Waals surface area contributed by atoms with E-state index in [-0.39, 0.29) is 11.8 Å². The smallest absolute Gasteiger partial charge is 0.273 e. The van der Waals surface area contributed by atoms with Gasteiger partial charge in [0, 0.05) is 19.2 Å². The Balaban J connectivity index is 1.94. The van der Waals surface area contributed by atoms with Crippen LogP contribution in [0.15, 0.2) is 18.2 Å². The first-order valence-electron chi connectivity index (χ1n) is 6.31. The number of non-ortho nitro benzene ring substituents is 1. The van der Waals surface area contributed by atoms with E-state index < -0.39 is 4.92 Å². The van der Waals surface area contributed by atoms with E-state index in [1.165, 1.54) is 19.2 Å². The standard InChI is InChI=1S/C13H18N2O4/c1-19-12-5-9(4-11(6-12)15(17)18)7-14-8-13(16)10-2-3-10/h4-6,10,13-14,16H,2-3,7-8H2,1H3. The highest BCUT2D eigenvalue weighted by Gasteiger charge is 2.29. The molecular formula is C13H18N2O4. The maximum absolute atomic E-state index is 10.8. The average molecular weight is 266 g/mol. The molecule has 1 atom stereocenters. The number of hydrogen-bond donors (Lipinski definition) is 2. The molecule has 1 saturated carbocycles. The average Bonchev–Trinajstić information content (AvgIpc) is 3.22. The normalized spacial score (nSPS) is 16.1. The van der Waals surface area contributed by atoms with Crippen molar-refractivity contribution in [2.24, 2.45) is 5.92 Å². The molecule has 2 N–H and O–H groups in total. The Morgan fingerprint density at radius 3 is 2.84 bits per heavy atom. The number of nitrogens with one attached hydrogen (secondary N) is 1. The summed E-state index contributed by atoms with van der Waals surface area (Å²) in [6, 6.07) is 4.66. The summed E-state index contributed by atoms with van der Waals surface area (Å²) in [5, 5.41) is 23.6. The molecule has 1 fully saturated rings. The van der Waals surface area contributed by atoms with Crippen LogP contribution in [0.3, 0.4) is 0 Å². The topological polar surface area (TPSA) is 84.6 Å². The Hall–Kier alpha value is -1.66. The van der Waals surface area contributed by atoms with E-state index in [1.54, 1.807) is 6.07 Å². The summed E-state index contributed by atoms with van der Waals surface area (Å²) in [4.78, 5) is 10.4. The zero-order chi connectivity index (χ0) is 13.8. The molecule has 1 aromatic carbocycles. The molecule has 0 aromatic heterocycles. The highest BCUT2D eigenvalue weighted by molar-refractivity contribution is 5.42. The van der Waals surface area contributed by atoms with Gasteiger partial charge in [-0.2, -0.15) is 0 Å². The van der Waals surface area contributed by atoms with Crippen molar-refractivity contribution in [1.82, 2.24) is 5.32 Å². The van der Waals surface area contributed by atoms with Crippen LogP contribution in [0.2, 0.25) is 0 Å². The molecule has 0 amide bonds. The van der Waals surface area contributed by atoms with E-state index >= 15 is 0 Å². The molecule has 1 aromatic rings. The lowest BCUT2D eigenvalue weighted by molar-refractivity contribution is -0.385. The van der Waals surface area contributed by atoms with Crippen molar-refractivity contribution in [3.05, 3.63) is 33.9 Å². The van der Waals surface area contributed by atoms with Crippen molar-refractivity contribution in [2.45, 2.75) is 25.5 Å². The van der Waals surface area contributed by atoms with E-state index in [4.69, 9.17) is 4.74 Å². The van der Waals surface area contributed by atoms with Gasteiger partial charge in [-0.1, -0.05) is 0 Å². The Morgan fingerprint density at radius 2 is 2.26 bits per heavy atom. The minimum absolute atomic E-state index is 0.0129. The number of methoxy groups -OCH3 is 1. The van der Waals surface area contributed by atoms with Crippen LogP contribution < -0.4 is 10.1 Å². The van der Waals surface area contributed by atoms with Crippen LogP contribution in [-0.2, 0) is 6.54 Å².